The predicted octanol–water partition coefficient (Wildman–Crippen LogP) is -0.792. The summed E-state index contributed by atoms with van der Waals surface area (Å²) >= 11 is 0. The summed E-state index contributed by atoms with van der Waals surface area (Å²) in [7, 11) is 1.53. The molecular formula is C8H11N3O4. The van der Waals surface area contributed by atoms with E-state index in [1.54, 1.807) is 0 Å². The fraction of sp³-hybridized carbons (Fsp3) is 0.375. The van der Waals surface area contributed by atoms with Crippen LogP contribution in [0.2, 0.25) is 0 Å². The number of nitrogens with one attached hydrogen (secondary N) is 2. The van der Waals surface area contributed by atoms with E-state index in [0.717, 1.165) is 0 Å². The fourth-order valence-corrected chi connectivity index (χ4v) is 0.885. The molecular weight excluding hydrogens is 202 g/mol. The molecule has 7 nitrogen and oxygen atoms in total. The number of hydrogen-bond acceptors (Lipinski definition) is 5. The maximum absolute atomic E-state index is 10.8. The van der Waals surface area contributed by atoms with Crippen molar-refractivity contribution in [3.05, 3.63) is 17.5 Å². The van der Waals surface area contributed by atoms with Crippen LogP contribution in [0.25, 0.3) is 0 Å². The second-order valence-corrected chi connectivity index (χ2v) is 2.76. The molecule has 3 N–H and O–H groups in total. The van der Waals surface area contributed by atoms with Gasteiger partial charge in [0.05, 0.1) is 13.1 Å². The summed E-state index contributed by atoms with van der Waals surface area (Å²) in [5, 5.41) is 17.1. The summed E-state index contributed by atoms with van der Waals surface area (Å²) in [6.07, 6.45) is 0. The molecule has 0 aromatic carbocycles. The average Bonchev–Trinajstić information content (AvgIpc) is 2.66. The van der Waals surface area contributed by atoms with Crippen molar-refractivity contribution < 1.29 is 19.2 Å². The summed E-state index contributed by atoms with van der Waals surface area (Å²) in [4.78, 5) is 21.2. The highest BCUT2D eigenvalue weighted by Gasteiger charge is 2.10. The first-order chi connectivity index (χ1) is 7.13. The molecule has 0 saturated carbocycles. The number of hydrogen-bond donors (Lipinski definition) is 3. The molecule has 82 valence electrons. The molecule has 1 rings (SSSR count). The van der Waals surface area contributed by atoms with Crippen LogP contribution in [0.4, 0.5) is 0 Å². The van der Waals surface area contributed by atoms with Crippen molar-refractivity contribution in [3.8, 4) is 0 Å². The van der Waals surface area contributed by atoms with Crippen molar-refractivity contribution in [1.29, 1.82) is 0 Å². The lowest BCUT2D eigenvalue weighted by atomic mass is 10.3. The van der Waals surface area contributed by atoms with E-state index in [4.69, 9.17) is 9.63 Å². The summed E-state index contributed by atoms with van der Waals surface area (Å²) < 4.78 is 4.72. The van der Waals surface area contributed by atoms with Crippen molar-refractivity contribution in [3.63, 3.8) is 0 Å². The number of likely N-dealkylation sites (N-methyl/N-ethyl adjacent to an activating group) is 1. The van der Waals surface area contributed by atoms with E-state index in [0.29, 0.717) is 5.76 Å². The van der Waals surface area contributed by atoms with Crippen LogP contribution in [-0.2, 0) is 11.3 Å². The Kier molecular flexibility index (Phi) is 3.81. The maximum atomic E-state index is 10.8. The Bertz CT molecular complexity index is 361. The van der Waals surface area contributed by atoms with Crippen molar-refractivity contribution in [2.45, 2.75) is 6.54 Å². The highest BCUT2D eigenvalue weighted by molar-refractivity contribution is 5.85. The molecule has 1 aromatic rings. The van der Waals surface area contributed by atoms with E-state index < -0.39 is 5.97 Å². The van der Waals surface area contributed by atoms with Crippen LogP contribution in [0.5, 0.6) is 0 Å². The standard InChI is InChI=1S/C8H11N3O4/c1-9-7(12)4-10-3-5-2-6(8(13)14)11-15-5/h2,10H,3-4H2,1H3,(H,9,12)(H,13,14). The number of aromatic nitrogens is 1. The van der Waals surface area contributed by atoms with Gasteiger partial charge in [0.2, 0.25) is 5.91 Å². The number of carbonyl (C=O) groups excluding carboxylic acids is 1. The Morgan fingerprint density at radius 1 is 1.60 bits per heavy atom. The van der Waals surface area contributed by atoms with Crippen molar-refractivity contribution in [1.82, 2.24) is 15.8 Å². The van der Waals surface area contributed by atoms with Gasteiger partial charge >= 0.3 is 5.97 Å². The molecule has 0 aliphatic carbocycles. The van der Waals surface area contributed by atoms with E-state index in [1.807, 2.05) is 0 Å². The Morgan fingerprint density at radius 3 is 2.87 bits per heavy atom. The first-order valence-corrected chi connectivity index (χ1v) is 4.23. The summed E-state index contributed by atoms with van der Waals surface area (Å²) in [6.45, 7) is 0.396. The number of rotatable bonds is 5. The van der Waals surface area contributed by atoms with Gasteiger partial charge in [-0.05, 0) is 0 Å². The van der Waals surface area contributed by atoms with Crippen LogP contribution in [0, 0.1) is 0 Å². The lowest BCUT2D eigenvalue weighted by Crippen LogP contribution is -2.30. The number of carboxylic acids is 1. The number of carboxylic acid groups (broad SMARTS) is 1. The van der Waals surface area contributed by atoms with Gasteiger partial charge in [0, 0.05) is 13.1 Å². The highest BCUT2D eigenvalue weighted by Crippen LogP contribution is 2.02. The van der Waals surface area contributed by atoms with Gasteiger partial charge in [-0.3, -0.25) is 4.79 Å². The monoisotopic (exact) mass is 213 g/mol. The topological polar surface area (TPSA) is 104 Å². The number of aromatic carboxylic acids is 1. The minimum atomic E-state index is -1.14. The zero-order chi connectivity index (χ0) is 11.3. The molecule has 0 spiro atoms. The van der Waals surface area contributed by atoms with Gasteiger partial charge in [-0.2, -0.15) is 0 Å². The molecule has 0 bridgehead atoms. The van der Waals surface area contributed by atoms with Gasteiger partial charge in [0.25, 0.3) is 0 Å². The van der Waals surface area contributed by atoms with E-state index in [-0.39, 0.29) is 24.7 Å². The minimum Gasteiger partial charge on any atom is -0.476 e. The molecule has 1 aromatic heterocycles. The Hall–Kier alpha value is -1.89. The maximum Gasteiger partial charge on any atom is 0.358 e. The van der Waals surface area contributed by atoms with Gasteiger partial charge in [-0.25, -0.2) is 4.79 Å². The molecule has 1 amide bonds. The average molecular weight is 213 g/mol. The summed E-state index contributed by atoms with van der Waals surface area (Å²) in [6, 6.07) is 1.30. The minimum absolute atomic E-state index is 0.138. The molecule has 0 fully saturated rings. The molecule has 0 aliphatic heterocycles. The van der Waals surface area contributed by atoms with Gasteiger partial charge in [-0.1, -0.05) is 5.16 Å². The van der Waals surface area contributed by atoms with Crippen LogP contribution < -0.4 is 10.6 Å². The number of amides is 1. The molecule has 15 heavy (non-hydrogen) atoms. The molecule has 0 aliphatic rings. The highest BCUT2D eigenvalue weighted by atomic mass is 16.5. The number of carbonyl (C=O) groups is 2. The zero-order valence-corrected chi connectivity index (χ0v) is 8.11. The molecule has 1 heterocycles. The van der Waals surface area contributed by atoms with Crippen LogP contribution in [0.3, 0.4) is 0 Å². The number of nitrogens with zero attached hydrogens (tertiary/aromatic N) is 1. The molecule has 0 atom stereocenters. The quantitative estimate of drug-likeness (QED) is 0.592. The molecule has 0 saturated heterocycles. The normalized spacial score (nSPS) is 9.93. The van der Waals surface area contributed by atoms with E-state index >= 15 is 0 Å². The second kappa shape index (κ2) is 5.11. The largest absolute Gasteiger partial charge is 0.476 e. The lowest BCUT2D eigenvalue weighted by molar-refractivity contribution is -0.119. The van der Waals surface area contributed by atoms with Crippen LogP contribution in [-0.4, -0.2) is 35.7 Å². The second-order valence-electron chi connectivity index (χ2n) is 2.76. The third-order valence-electron chi connectivity index (χ3n) is 1.64. The SMILES string of the molecule is CNC(=O)CNCc1cc(C(=O)O)no1. The summed E-state index contributed by atoms with van der Waals surface area (Å²) in [5.41, 5.74) is -0.147. The smallest absolute Gasteiger partial charge is 0.358 e. The Morgan fingerprint density at radius 2 is 2.33 bits per heavy atom. The lowest BCUT2D eigenvalue weighted by Gasteiger charge is -1.99. The van der Waals surface area contributed by atoms with Crippen molar-refractivity contribution in [2.75, 3.05) is 13.6 Å². The van der Waals surface area contributed by atoms with E-state index in [2.05, 4.69) is 15.8 Å². The van der Waals surface area contributed by atoms with Gasteiger partial charge in [-0.15, -0.1) is 0 Å². The van der Waals surface area contributed by atoms with E-state index in [9.17, 15) is 9.59 Å². The Balaban J connectivity index is 2.38. The van der Waals surface area contributed by atoms with Crippen LogP contribution in [0.1, 0.15) is 16.2 Å². The van der Waals surface area contributed by atoms with Crippen LogP contribution >= 0.6 is 0 Å². The van der Waals surface area contributed by atoms with Gasteiger partial charge < -0.3 is 20.3 Å². The first-order valence-electron chi connectivity index (χ1n) is 4.23. The molecule has 0 unspecified atom stereocenters. The molecule has 0 radical (unpaired) electrons. The van der Waals surface area contributed by atoms with Crippen molar-refractivity contribution >= 4 is 11.9 Å². The van der Waals surface area contributed by atoms with E-state index in [1.165, 1.54) is 13.1 Å². The Labute approximate surface area is 85.4 Å². The van der Waals surface area contributed by atoms with Gasteiger partial charge in [0.1, 0.15) is 0 Å². The van der Waals surface area contributed by atoms with Crippen LogP contribution in [0.15, 0.2) is 10.6 Å². The summed E-state index contributed by atoms with van der Waals surface area (Å²) in [5.74, 6) is -0.930. The zero-order valence-electron chi connectivity index (χ0n) is 8.11. The van der Waals surface area contributed by atoms with Crippen molar-refractivity contribution in [2.24, 2.45) is 0 Å². The molecule has 7 heteroatoms. The third-order valence-corrected chi connectivity index (χ3v) is 1.64. The predicted molar refractivity (Wildman–Crippen MR) is 49.2 cm³/mol. The first kappa shape index (κ1) is 11.2. The van der Waals surface area contributed by atoms with Gasteiger partial charge in [0.15, 0.2) is 11.5 Å². The fourth-order valence-electron chi connectivity index (χ4n) is 0.885. The third kappa shape index (κ3) is 3.39.